The highest BCUT2D eigenvalue weighted by Gasteiger charge is 2.19. The molecule has 0 amide bonds. The van der Waals surface area contributed by atoms with Gasteiger partial charge in [0.2, 0.25) is 11.8 Å². The van der Waals surface area contributed by atoms with Crippen LogP contribution >= 0.6 is 0 Å². The fourth-order valence-corrected chi connectivity index (χ4v) is 1.84. The summed E-state index contributed by atoms with van der Waals surface area (Å²) < 4.78 is 18.9. The number of anilines is 1. The normalized spacial score (nSPS) is 16.4. The maximum Gasteiger partial charge on any atom is 0.255 e. The van der Waals surface area contributed by atoms with E-state index in [2.05, 4.69) is 15.3 Å². The lowest BCUT2D eigenvalue weighted by Gasteiger charge is -2.13. The molecule has 16 heavy (non-hydrogen) atoms. The minimum atomic E-state index is -0.492. The lowest BCUT2D eigenvalue weighted by Crippen LogP contribution is -2.14. The summed E-state index contributed by atoms with van der Waals surface area (Å²) in [5.41, 5.74) is 0. The van der Waals surface area contributed by atoms with Gasteiger partial charge in [-0.2, -0.15) is 9.37 Å². The Hall–Kier alpha value is -1.39. The van der Waals surface area contributed by atoms with E-state index in [0.717, 1.165) is 31.9 Å². The summed E-state index contributed by atoms with van der Waals surface area (Å²) in [4.78, 5) is 7.83. The van der Waals surface area contributed by atoms with Crippen LogP contribution in [-0.2, 0) is 0 Å². The quantitative estimate of drug-likeness (QED) is 0.854. The van der Waals surface area contributed by atoms with Crippen molar-refractivity contribution in [1.82, 2.24) is 9.97 Å². The first kappa shape index (κ1) is 11.1. The number of hydrogen-bond acceptors (Lipinski definition) is 4. The van der Waals surface area contributed by atoms with Gasteiger partial charge in [-0.05, 0) is 32.6 Å². The zero-order valence-electron chi connectivity index (χ0n) is 9.37. The highest BCUT2D eigenvalue weighted by Crippen LogP contribution is 2.24. The zero-order valence-corrected chi connectivity index (χ0v) is 9.37. The SMILES string of the molecule is CCNc1ncc(F)c(OC2CCCC2)n1. The lowest BCUT2D eigenvalue weighted by molar-refractivity contribution is 0.191. The Bertz CT molecular complexity index is 353. The third kappa shape index (κ3) is 2.59. The second-order valence-corrected chi connectivity index (χ2v) is 3.90. The molecule has 0 unspecified atom stereocenters. The van der Waals surface area contributed by atoms with Crippen LogP contribution < -0.4 is 10.1 Å². The molecular weight excluding hydrogens is 209 g/mol. The highest BCUT2D eigenvalue weighted by atomic mass is 19.1. The molecule has 1 saturated carbocycles. The largest absolute Gasteiger partial charge is 0.472 e. The number of hydrogen-bond donors (Lipinski definition) is 1. The molecule has 0 aromatic carbocycles. The third-order valence-corrected chi connectivity index (χ3v) is 2.63. The Labute approximate surface area is 94.2 Å². The van der Waals surface area contributed by atoms with Gasteiger partial charge in [0.1, 0.15) is 6.10 Å². The van der Waals surface area contributed by atoms with Crippen LogP contribution in [0.15, 0.2) is 6.20 Å². The molecule has 1 fully saturated rings. The van der Waals surface area contributed by atoms with E-state index in [1.54, 1.807) is 0 Å². The Morgan fingerprint density at radius 2 is 2.25 bits per heavy atom. The number of nitrogens with one attached hydrogen (secondary N) is 1. The lowest BCUT2D eigenvalue weighted by atomic mass is 10.3. The van der Waals surface area contributed by atoms with Crippen LogP contribution in [-0.4, -0.2) is 22.6 Å². The average molecular weight is 225 g/mol. The fourth-order valence-electron chi connectivity index (χ4n) is 1.84. The number of halogens is 1. The molecule has 0 saturated heterocycles. The summed E-state index contributed by atoms with van der Waals surface area (Å²) in [6.45, 7) is 2.64. The van der Waals surface area contributed by atoms with Crippen LogP contribution in [0.1, 0.15) is 32.6 Å². The molecule has 1 aromatic rings. The van der Waals surface area contributed by atoms with Gasteiger partial charge in [-0.15, -0.1) is 0 Å². The molecule has 88 valence electrons. The monoisotopic (exact) mass is 225 g/mol. The molecule has 5 heteroatoms. The molecular formula is C11H16FN3O. The molecule has 1 aliphatic carbocycles. The summed E-state index contributed by atoms with van der Waals surface area (Å²) in [5.74, 6) is -0.0108. The molecule has 1 N–H and O–H groups in total. The van der Waals surface area contributed by atoms with Crippen LogP contribution in [0.2, 0.25) is 0 Å². The minimum Gasteiger partial charge on any atom is -0.472 e. The maximum atomic E-state index is 13.4. The maximum absolute atomic E-state index is 13.4. The van der Waals surface area contributed by atoms with Crippen LogP contribution in [0.3, 0.4) is 0 Å². The van der Waals surface area contributed by atoms with E-state index < -0.39 is 5.82 Å². The van der Waals surface area contributed by atoms with Gasteiger partial charge in [0.05, 0.1) is 6.20 Å². The average Bonchev–Trinajstić information content (AvgIpc) is 2.76. The molecule has 4 nitrogen and oxygen atoms in total. The number of aromatic nitrogens is 2. The molecule has 1 aliphatic rings. The van der Waals surface area contributed by atoms with E-state index in [9.17, 15) is 4.39 Å². The van der Waals surface area contributed by atoms with E-state index in [-0.39, 0.29) is 12.0 Å². The van der Waals surface area contributed by atoms with Crippen molar-refractivity contribution in [3.8, 4) is 5.88 Å². The van der Waals surface area contributed by atoms with E-state index in [1.165, 1.54) is 0 Å². The molecule has 0 bridgehead atoms. The molecule has 0 spiro atoms. The third-order valence-electron chi connectivity index (χ3n) is 2.63. The van der Waals surface area contributed by atoms with Gasteiger partial charge >= 0.3 is 0 Å². The van der Waals surface area contributed by atoms with Crippen molar-refractivity contribution >= 4 is 5.95 Å². The van der Waals surface area contributed by atoms with E-state index in [1.807, 2.05) is 6.92 Å². The van der Waals surface area contributed by atoms with Gasteiger partial charge in [-0.25, -0.2) is 4.98 Å². The highest BCUT2D eigenvalue weighted by molar-refractivity contribution is 5.28. The summed E-state index contributed by atoms with van der Waals surface area (Å²) in [5, 5.41) is 2.93. The Balaban J connectivity index is 2.08. The smallest absolute Gasteiger partial charge is 0.255 e. The minimum absolute atomic E-state index is 0.0675. The topological polar surface area (TPSA) is 47.0 Å². The number of ether oxygens (including phenoxy) is 1. The second kappa shape index (κ2) is 5.09. The molecule has 0 atom stereocenters. The van der Waals surface area contributed by atoms with Crippen LogP contribution in [0.25, 0.3) is 0 Å². The second-order valence-electron chi connectivity index (χ2n) is 3.90. The van der Waals surface area contributed by atoms with Crippen LogP contribution in [0, 0.1) is 5.82 Å². The molecule has 0 radical (unpaired) electrons. The van der Waals surface area contributed by atoms with Crippen molar-refractivity contribution in [2.24, 2.45) is 0 Å². The van der Waals surface area contributed by atoms with Crippen molar-refractivity contribution in [3.05, 3.63) is 12.0 Å². The molecule has 0 aliphatic heterocycles. The van der Waals surface area contributed by atoms with Crippen LogP contribution in [0.4, 0.5) is 10.3 Å². The van der Waals surface area contributed by atoms with Crippen molar-refractivity contribution in [2.45, 2.75) is 38.7 Å². The van der Waals surface area contributed by atoms with E-state index >= 15 is 0 Å². The van der Waals surface area contributed by atoms with Gasteiger partial charge in [-0.1, -0.05) is 0 Å². The standard InChI is InChI=1S/C11H16FN3O/c1-2-13-11-14-7-9(12)10(15-11)16-8-5-3-4-6-8/h7-8H,2-6H2,1H3,(H,13,14,15). The van der Waals surface area contributed by atoms with Crippen molar-refractivity contribution in [3.63, 3.8) is 0 Å². The molecule has 2 rings (SSSR count). The van der Waals surface area contributed by atoms with Crippen molar-refractivity contribution in [2.75, 3.05) is 11.9 Å². The molecule has 1 heterocycles. The first-order valence-corrected chi connectivity index (χ1v) is 5.72. The Kier molecular flexibility index (Phi) is 3.54. The van der Waals surface area contributed by atoms with Crippen molar-refractivity contribution in [1.29, 1.82) is 0 Å². The Morgan fingerprint density at radius 1 is 1.50 bits per heavy atom. The van der Waals surface area contributed by atoms with Crippen molar-refractivity contribution < 1.29 is 9.13 Å². The van der Waals surface area contributed by atoms with E-state index in [0.29, 0.717) is 12.5 Å². The number of rotatable bonds is 4. The zero-order chi connectivity index (χ0) is 11.4. The van der Waals surface area contributed by atoms with Gasteiger partial charge in [0.15, 0.2) is 0 Å². The predicted octanol–water partition coefficient (Wildman–Crippen LogP) is 2.37. The van der Waals surface area contributed by atoms with Gasteiger partial charge in [0.25, 0.3) is 5.88 Å². The predicted molar refractivity (Wildman–Crippen MR) is 59.0 cm³/mol. The first-order valence-electron chi connectivity index (χ1n) is 5.72. The summed E-state index contributed by atoms with van der Waals surface area (Å²) in [6.07, 6.45) is 5.53. The summed E-state index contributed by atoms with van der Waals surface area (Å²) in [6, 6.07) is 0. The van der Waals surface area contributed by atoms with Crippen LogP contribution in [0.5, 0.6) is 5.88 Å². The van der Waals surface area contributed by atoms with Gasteiger partial charge in [0, 0.05) is 6.54 Å². The van der Waals surface area contributed by atoms with Gasteiger partial charge in [-0.3, -0.25) is 0 Å². The molecule has 1 aromatic heterocycles. The Morgan fingerprint density at radius 3 is 2.94 bits per heavy atom. The first-order chi connectivity index (χ1) is 7.79. The summed E-state index contributed by atoms with van der Waals surface area (Å²) in [7, 11) is 0. The fraction of sp³-hybridized carbons (Fsp3) is 0.636. The summed E-state index contributed by atoms with van der Waals surface area (Å²) >= 11 is 0. The van der Waals surface area contributed by atoms with Gasteiger partial charge < -0.3 is 10.1 Å². The number of nitrogens with zero attached hydrogens (tertiary/aromatic N) is 2. The van der Waals surface area contributed by atoms with E-state index in [4.69, 9.17) is 4.74 Å².